The van der Waals surface area contributed by atoms with E-state index < -0.39 is 5.66 Å². The Kier molecular flexibility index (Phi) is 5.51. The molecule has 1 fully saturated rings. The zero-order chi connectivity index (χ0) is 22.2. The molecule has 164 valence electrons. The normalized spacial score (nSPS) is 20.3. The molecule has 9 heteroatoms. The molecule has 0 aliphatic carbocycles. The van der Waals surface area contributed by atoms with E-state index >= 15 is 0 Å². The molecule has 2 aliphatic heterocycles. The summed E-state index contributed by atoms with van der Waals surface area (Å²) in [5.41, 5.74) is 0.228. The summed E-state index contributed by atoms with van der Waals surface area (Å²) in [6.07, 6.45) is 2.05. The molecule has 0 spiro atoms. The summed E-state index contributed by atoms with van der Waals surface area (Å²) >= 11 is 0. The lowest BCUT2D eigenvalue weighted by atomic mass is 9.98. The molecule has 3 heterocycles. The number of nitrogens with one attached hydrogen (secondary N) is 1. The van der Waals surface area contributed by atoms with Crippen LogP contribution in [0, 0.1) is 0 Å². The third kappa shape index (κ3) is 3.80. The van der Waals surface area contributed by atoms with Gasteiger partial charge in [-0.15, -0.1) is 0 Å². The molecule has 0 bridgehead atoms. The molecule has 1 saturated heterocycles. The molecule has 1 unspecified atom stereocenters. The van der Waals surface area contributed by atoms with Crippen LogP contribution in [0.3, 0.4) is 0 Å². The van der Waals surface area contributed by atoms with E-state index in [0.717, 1.165) is 0 Å². The van der Waals surface area contributed by atoms with Gasteiger partial charge in [-0.25, -0.2) is 0 Å². The number of rotatable bonds is 7. The Hall–Kier alpha value is -3.23. The number of hydrogen-bond donors (Lipinski definition) is 1. The second-order valence-corrected chi connectivity index (χ2v) is 8.51. The van der Waals surface area contributed by atoms with Gasteiger partial charge < -0.3 is 14.7 Å². The van der Waals surface area contributed by atoms with Crippen molar-refractivity contribution in [1.82, 2.24) is 20.4 Å². The highest BCUT2D eigenvalue weighted by Gasteiger charge is 2.53. The fourth-order valence-electron chi connectivity index (χ4n) is 4.21. The highest BCUT2D eigenvalue weighted by molar-refractivity contribution is 6.11. The van der Waals surface area contributed by atoms with Crippen LogP contribution < -0.4 is 10.2 Å². The predicted octanol–water partition coefficient (Wildman–Crippen LogP) is 2.24. The largest absolute Gasteiger partial charge is 0.355 e. The van der Waals surface area contributed by atoms with Gasteiger partial charge in [-0.1, -0.05) is 31.1 Å². The van der Waals surface area contributed by atoms with Crippen molar-refractivity contribution in [3.8, 4) is 0 Å². The highest BCUT2D eigenvalue weighted by atomic mass is 16.5. The summed E-state index contributed by atoms with van der Waals surface area (Å²) in [5, 5.41) is 6.78. The highest BCUT2D eigenvalue weighted by Crippen LogP contribution is 2.43. The third-order valence-corrected chi connectivity index (χ3v) is 5.94. The van der Waals surface area contributed by atoms with Crippen LogP contribution in [0.1, 0.15) is 68.0 Å². The number of para-hydroxylation sites is 1. The SMILES string of the molecule is CC(C)c1noc(CCCNC(=O)CN2C(=O)c3ccccc3N3C(=O)CCC23C)n1. The van der Waals surface area contributed by atoms with Gasteiger partial charge in [-0.05, 0) is 31.9 Å². The Labute approximate surface area is 180 Å². The van der Waals surface area contributed by atoms with E-state index in [4.69, 9.17) is 4.52 Å². The second-order valence-electron chi connectivity index (χ2n) is 8.51. The number of carbonyl (C=O) groups is 3. The van der Waals surface area contributed by atoms with Gasteiger partial charge in [0.1, 0.15) is 12.2 Å². The van der Waals surface area contributed by atoms with Crippen molar-refractivity contribution >= 4 is 23.4 Å². The quantitative estimate of drug-likeness (QED) is 0.682. The van der Waals surface area contributed by atoms with Crippen LogP contribution in [0.15, 0.2) is 28.8 Å². The molecular formula is C22H27N5O4. The molecule has 31 heavy (non-hydrogen) atoms. The average molecular weight is 425 g/mol. The van der Waals surface area contributed by atoms with Crippen LogP contribution in [0.25, 0.3) is 0 Å². The molecule has 3 amide bonds. The number of fused-ring (bicyclic) bond motifs is 3. The van der Waals surface area contributed by atoms with E-state index in [-0.39, 0.29) is 30.2 Å². The maximum Gasteiger partial charge on any atom is 0.258 e. The minimum atomic E-state index is -0.836. The van der Waals surface area contributed by atoms with Crippen LogP contribution in [0.2, 0.25) is 0 Å². The number of hydrogen-bond acceptors (Lipinski definition) is 6. The third-order valence-electron chi connectivity index (χ3n) is 5.94. The molecule has 1 N–H and O–H groups in total. The minimum absolute atomic E-state index is 0.0341. The van der Waals surface area contributed by atoms with Crippen molar-refractivity contribution in [2.24, 2.45) is 0 Å². The van der Waals surface area contributed by atoms with Gasteiger partial charge in [0.2, 0.25) is 17.7 Å². The first-order valence-electron chi connectivity index (χ1n) is 10.6. The zero-order valence-corrected chi connectivity index (χ0v) is 18.1. The molecule has 2 aliphatic rings. The monoisotopic (exact) mass is 425 g/mol. The summed E-state index contributed by atoms with van der Waals surface area (Å²) in [6.45, 7) is 6.16. The van der Waals surface area contributed by atoms with Crippen LogP contribution in [0.5, 0.6) is 0 Å². The lowest BCUT2D eigenvalue weighted by molar-refractivity contribution is -0.124. The van der Waals surface area contributed by atoms with E-state index in [9.17, 15) is 14.4 Å². The first-order chi connectivity index (χ1) is 14.8. The summed E-state index contributed by atoms with van der Waals surface area (Å²) < 4.78 is 5.21. The first kappa shape index (κ1) is 21.0. The summed E-state index contributed by atoms with van der Waals surface area (Å²) in [5.74, 6) is 0.897. The van der Waals surface area contributed by atoms with Crippen LogP contribution in [-0.2, 0) is 16.0 Å². The first-order valence-corrected chi connectivity index (χ1v) is 10.6. The molecular weight excluding hydrogens is 398 g/mol. The lowest BCUT2D eigenvalue weighted by Gasteiger charge is -2.48. The number of anilines is 1. The fourth-order valence-corrected chi connectivity index (χ4v) is 4.21. The molecule has 1 aromatic carbocycles. The number of aromatic nitrogens is 2. The number of nitrogens with zero attached hydrogens (tertiary/aromatic N) is 4. The van der Waals surface area contributed by atoms with Crippen molar-refractivity contribution in [2.75, 3.05) is 18.0 Å². The summed E-state index contributed by atoms with van der Waals surface area (Å²) in [4.78, 5) is 45.9. The van der Waals surface area contributed by atoms with Gasteiger partial charge in [-0.2, -0.15) is 4.98 Å². The number of benzene rings is 1. The Morgan fingerprint density at radius 2 is 2.06 bits per heavy atom. The van der Waals surface area contributed by atoms with E-state index in [1.165, 1.54) is 4.90 Å². The molecule has 0 saturated carbocycles. The van der Waals surface area contributed by atoms with Crippen molar-refractivity contribution in [2.45, 2.75) is 58.0 Å². The maximum absolute atomic E-state index is 13.2. The van der Waals surface area contributed by atoms with Gasteiger partial charge in [0, 0.05) is 25.3 Å². The molecule has 0 radical (unpaired) electrons. The zero-order valence-electron chi connectivity index (χ0n) is 18.1. The number of carbonyl (C=O) groups excluding carboxylic acids is 3. The van der Waals surface area contributed by atoms with Gasteiger partial charge in [0.15, 0.2) is 5.82 Å². The van der Waals surface area contributed by atoms with E-state index in [1.54, 1.807) is 23.1 Å². The van der Waals surface area contributed by atoms with Gasteiger partial charge in [0.25, 0.3) is 5.91 Å². The molecule has 9 nitrogen and oxygen atoms in total. The Morgan fingerprint density at radius 3 is 2.81 bits per heavy atom. The van der Waals surface area contributed by atoms with Gasteiger partial charge >= 0.3 is 0 Å². The fraction of sp³-hybridized carbons (Fsp3) is 0.500. The average Bonchev–Trinajstić information content (AvgIpc) is 3.34. The van der Waals surface area contributed by atoms with Gasteiger partial charge in [-0.3, -0.25) is 19.3 Å². The lowest BCUT2D eigenvalue weighted by Crippen LogP contribution is -2.63. The topological polar surface area (TPSA) is 109 Å². The molecule has 1 atom stereocenters. The Morgan fingerprint density at radius 1 is 1.29 bits per heavy atom. The Balaban J connectivity index is 1.38. The van der Waals surface area contributed by atoms with Crippen molar-refractivity contribution < 1.29 is 18.9 Å². The van der Waals surface area contributed by atoms with Crippen LogP contribution in [0.4, 0.5) is 5.69 Å². The predicted molar refractivity (Wildman–Crippen MR) is 112 cm³/mol. The van der Waals surface area contributed by atoms with Crippen LogP contribution >= 0.6 is 0 Å². The minimum Gasteiger partial charge on any atom is -0.355 e. The summed E-state index contributed by atoms with van der Waals surface area (Å²) in [6, 6.07) is 7.06. The van der Waals surface area contributed by atoms with E-state index in [2.05, 4.69) is 15.5 Å². The molecule has 1 aromatic heterocycles. The van der Waals surface area contributed by atoms with Gasteiger partial charge in [0.05, 0.1) is 11.3 Å². The Bertz CT molecular complexity index is 1020. The maximum atomic E-state index is 13.2. The number of amides is 3. The molecule has 2 aromatic rings. The van der Waals surface area contributed by atoms with Crippen molar-refractivity contribution in [3.63, 3.8) is 0 Å². The standard InChI is InChI=1S/C22H27N5O4/c1-14(2)20-24-18(31-25-20)9-6-12-23-17(28)13-26-21(30)15-7-4-5-8-16(15)27-19(29)10-11-22(26,27)3/h4-5,7-8,14H,6,9-13H2,1-3H3,(H,23,28). The van der Waals surface area contributed by atoms with E-state index in [0.29, 0.717) is 55.2 Å². The van der Waals surface area contributed by atoms with E-state index in [1.807, 2.05) is 26.8 Å². The smallest absolute Gasteiger partial charge is 0.258 e. The molecule has 4 rings (SSSR count). The van der Waals surface area contributed by atoms with Crippen molar-refractivity contribution in [3.05, 3.63) is 41.5 Å². The van der Waals surface area contributed by atoms with Crippen molar-refractivity contribution in [1.29, 1.82) is 0 Å². The summed E-state index contributed by atoms with van der Waals surface area (Å²) in [7, 11) is 0. The van der Waals surface area contributed by atoms with Crippen LogP contribution in [-0.4, -0.2) is 51.5 Å². The number of aryl methyl sites for hydroxylation is 1. The second kappa shape index (κ2) is 8.13.